The van der Waals surface area contributed by atoms with Crippen LogP contribution in [0.3, 0.4) is 0 Å². The molecule has 0 aliphatic heterocycles. The van der Waals surface area contributed by atoms with Crippen molar-refractivity contribution in [3.8, 4) is 0 Å². The third kappa shape index (κ3) is 6.51. The van der Waals surface area contributed by atoms with E-state index < -0.39 is 6.04 Å². The van der Waals surface area contributed by atoms with Gasteiger partial charge in [0.1, 0.15) is 0 Å². The van der Waals surface area contributed by atoms with Crippen LogP contribution in [0.2, 0.25) is 0 Å². The summed E-state index contributed by atoms with van der Waals surface area (Å²) in [4.78, 5) is 14.9. The second-order valence-corrected chi connectivity index (χ2v) is 8.70. The molecule has 3 rings (SSSR count). The number of carbonyl (C=O) groups excluding carboxylic acids is 1. The van der Waals surface area contributed by atoms with E-state index in [0.717, 1.165) is 25.6 Å². The summed E-state index contributed by atoms with van der Waals surface area (Å²) in [5.74, 6) is 5.36. The van der Waals surface area contributed by atoms with Crippen LogP contribution in [0.25, 0.3) is 0 Å². The number of carbonyl (C=O) groups is 1. The molecular formula is C23H23Br2N3O. The minimum absolute atomic E-state index is 0.192. The Morgan fingerprint density at radius 1 is 0.793 bits per heavy atom. The van der Waals surface area contributed by atoms with Gasteiger partial charge in [0.05, 0.1) is 6.04 Å². The van der Waals surface area contributed by atoms with E-state index in [1.54, 1.807) is 0 Å². The third-order valence-corrected chi connectivity index (χ3v) is 5.81. The van der Waals surface area contributed by atoms with Crippen LogP contribution >= 0.6 is 31.9 Å². The van der Waals surface area contributed by atoms with Crippen molar-refractivity contribution in [1.82, 2.24) is 10.3 Å². The van der Waals surface area contributed by atoms with Crippen LogP contribution < -0.4 is 11.3 Å². The van der Waals surface area contributed by atoms with Crippen LogP contribution in [0.5, 0.6) is 0 Å². The van der Waals surface area contributed by atoms with E-state index >= 15 is 0 Å². The lowest BCUT2D eigenvalue weighted by Gasteiger charge is -2.31. The van der Waals surface area contributed by atoms with E-state index in [9.17, 15) is 4.79 Å². The van der Waals surface area contributed by atoms with Gasteiger partial charge in [0.2, 0.25) is 0 Å². The lowest BCUT2D eigenvalue weighted by atomic mass is 10.0. The van der Waals surface area contributed by atoms with Gasteiger partial charge in [0.15, 0.2) is 0 Å². The van der Waals surface area contributed by atoms with Gasteiger partial charge in [-0.2, -0.15) is 0 Å². The van der Waals surface area contributed by atoms with Gasteiger partial charge < -0.3 is 0 Å². The first kappa shape index (κ1) is 21.7. The third-order valence-electron chi connectivity index (χ3n) is 4.76. The van der Waals surface area contributed by atoms with Gasteiger partial charge in [-0.25, -0.2) is 5.84 Å². The molecule has 0 heterocycles. The Morgan fingerprint density at radius 2 is 1.28 bits per heavy atom. The number of nitrogens with one attached hydrogen (secondary N) is 1. The minimum Gasteiger partial charge on any atom is -0.293 e. The van der Waals surface area contributed by atoms with Crippen molar-refractivity contribution in [3.05, 3.63) is 104 Å². The Morgan fingerprint density at radius 3 is 1.72 bits per heavy atom. The lowest BCUT2D eigenvalue weighted by Crippen LogP contribution is -2.49. The van der Waals surface area contributed by atoms with Crippen molar-refractivity contribution < 1.29 is 4.79 Å². The predicted octanol–water partition coefficient (Wildman–Crippen LogP) is 4.82. The van der Waals surface area contributed by atoms with E-state index in [4.69, 9.17) is 5.84 Å². The topological polar surface area (TPSA) is 58.4 Å². The number of hydrogen-bond acceptors (Lipinski definition) is 3. The molecule has 4 nitrogen and oxygen atoms in total. The first-order chi connectivity index (χ1) is 14.0. The molecule has 0 spiro atoms. The Balaban J connectivity index is 1.90. The molecule has 150 valence electrons. The zero-order chi connectivity index (χ0) is 20.6. The van der Waals surface area contributed by atoms with Gasteiger partial charge >= 0.3 is 0 Å². The van der Waals surface area contributed by atoms with Crippen molar-refractivity contribution in [3.63, 3.8) is 0 Å². The molecule has 0 saturated carbocycles. The number of nitrogens with two attached hydrogens (primary N) is 1. The fraction of sp³-hybridized carbons (Fsp3) is 0.174. The van der Waals surface area contributed by atoms with Crippen LogP contribution in [-0.2, 0) is 24.3 Å². The monoisotopic (exact) mass is 515 g/mol. The molecule has 0 aromatic heterocycles. The Labute approximate surface area is 188 Å². The summed E-state index contributed by atoms with van der Waals surface area (Å²) in [6, 6.07) is 26.0. The quantitative estimate of drug-likeness (QED) is 0.256. The fourth-order valence-electron chi connectivity index (χ4n) is 3.25. The Kier molecular flexibility index (Phi) is 8.00. The van der Waals surface area contributed by atoms with Crippen LogP contribution in [0, 0.1) is 0 Å². The molecule has 0 aliphatic carbocycles. The van der Waals surface area contributed by atoms with Gasteiger partial charge in [-0.3, -0.25) is 15.1 Å². The summed E-state index contributed by atoms with van der Waals surface area (Å²) in [5.41, 5.74) is 5.72. The predicted molar refractivity (Wildman–Crippen MR) is 124 cm³/mol. The first-order valence-corrected chi connectivity index (χ1v) is 10.9. The van der Waals surface area contributed by atoms with Crippen LogP contribution in [-0.4, -0.2) is 16.8 Å². The number of nitrogens with zero attached hydrogens (tertiary/aromatic N) is 1. The Hall–Kier alpha value is -1.99. The van der Waals surface area contributed by atoms with E-state index in [0.29, 0.717) is 19.5 Å². The van der Waals surface area contributed by atoms with E-state index in [-0.39, 0.29) is 5.91 Å². The normalized spacial score (nSPS) is 12.0. The average molecular weight is 517 g/mol. The fourth-order valence-corrected chi connectivity index (χ4v) is 3.77. The van der Waals surface area contributed by atoms with E-state index in [1.165, 1.54) is 0 Å². The first-order valence-electron chi connectivity index (χ1n) is 9.32. The van der Waals surface area contributed by atoms with Crippen molar-refractivity contribution >= 4 is 37.8 Å². The van der Waals surface area contributed by atoms with Crippen LogP contribution in [0.4, 0.5) is 0 Å². The van der Waals surface area contributed by atoms with Gasteiger partial charge in [0, 0.05) is 22.0 Å². The van der Waals surface area contributed by atoms with Gasteiger partial charge in [-0.15, -0.1) is 0 Å². The highest BCUT2D eigenvalue weighted by atomic mass is 79.9. The molecule has 6 heteroatoms. The van der Waals surface area contributed by atoms with Gasteiger partial charge in [-0.1, -0.05) is 86.5 Å². The van der Waals surface area contributed by atoms with E-state index in [2.05, 4.69) is 66.5 Å². The molecule has 1 amide bonds. The highest BCUT2D eigenvalue weighted by molar-refractivity contribution is 9.10. The number of rotatable bonds is 8. The number of hydrogen-bond donors (Lipinski definition) is 2. The maximum absolute atomic E-state index is 12.8. The van der Waals surface area contributed by atoms with Gasteiger partial charge in [-0.05, 0) is 47.4 Å². The molecule has 3 aromatic carbocycles. The van der Waals surface area contributed by atoms with Crippen LogP contribution in [0.15, 0.2) is 87.8 Å². The molecule has 1 atom stereocenters. The molecule has 3 aromatic rings. The second-order valence-electron chi connectivity index (χ2n) is 6.87. The molecule has 0 aliphatic rings. The molecule has 29 heavy (non-hydrogen) atoms. The highest BCUT2D eigenvalue weighted by Gasteiger charge is 2.26. The number of benzene rings is 3. The SMILES string of the molecule is NNC(=O)C(Cc1ccccc1)N(Cc1ccc(Br)cc1)Cc1ccc(Br)cc1. The molecule has 1 unspecified atom stereocenters. The maximum atomic E-state index is 12.8. The minimum atomic E-state index is -0.394. The molecule has 3 N–H and O–H groups in total. The molecule has 0 saturated heterocycles. The molecule has 0 bridgehead atoms. The zero-order valence-electron chi connectivity index (χ0n) is 15.9. The largest absolute Gasteiger partial charge is 0.293 e. The van der Waals surface area contributed by atoms with E-state index in [1.807, 2.05) is 54.6 Å². The Bertz CT molecular complexity index is 868. The summed E-state index contributed by atoms with van der Waals surface area (Å²) < 4.78 is 2.06. The number of halogens is 2. The van der Waals surface area contributed by atoms with Gasteiger partial charge in [0.25, 0.3) is 5.91 Å². The molecular weight excluding hydrogens is 494 g/mol. The second kappa shape index (κ2) is 10.7. The maximum Gasteiger partial charge on any atom is 0.251 e. The highest BCUT2D eigenvalue weighted by Crippen LogP contribution is 2.20. The number of amides is 1. The van der Waals surface area contributed by atoms with Crippen LogP contribution in [0.1, 0.15) is 16.7 Å². The molecule has 0 fully saturated rings. The summed E-state index contributed by atoms with van der Waals surface area (Å²) in [6.45, 7) is 1.27. The zero-order valence-corrected chi connectivity index (χ0v) is 19.1. The smallest absolute Gasteiger partial charge is 0.251 e. The van der Waals surface area contributed by atoms with Crippen molar-refractivity contribution in [2.75, 3.05) is 0 Å². The summed E-state index contributed by atoms with van der Waals surface area (Å²) in [6.07, 6.45) is 0.580. The average Bonchev–Trinajstić information content (AvgIpc) is 2.75. The summed E-state index contributed by atoms with van der Waals surface area (Å²) in [7, 11) is 0. The number of hydrazine groups is 1. The summed E-state index contributed by atoms with van der Waals surface area (Å²) in [5, 5.41) is 0. The summed E-state index contributed by atoms with van der Waals surface area (Å²) >= 11 is 6.96. The molecule has 0 radical (unpaired) electrons. The van der Waals surface area contributed by atoms with Crippen molar-refractivity contribution in [1.29, 1.82) is 0 Å². The standard InChI is InChI=1S/C23H23Br2N3O/c24-20-10-6-18(7-11-20)15-28(16-19-8-12-21(25)13-9-19)22(23(29)27-26)14-17-4-2-1-3-5-17/h1-13,22H,14-16,26H2,(H,27,29). The van der Waals surface area contributed by atoms with Crippen molar-refractivity contribution in [2.24, 2.45) is 5.84 Å². The lowest BCUT2D eigenvalue weighted by molar-refractivity contribution is -0.127. The van der Waals surface area contributed by atoms with Crippen molar-refractivity contribution in [2.45, 2.75) is 25.6 Å².